The number of anilines is 1. The molecule has 0 aromatic heterocycles. The molecule has 22 heavy (non-hydrogen) atoms. The van der Waals surface area contributed by atoms with Gasteiger partial charge in [-0.15, -0.1) is 0 Å². The van der Waals surface area contributed by atoms with Crippen molar-refractivity contribution in [2.75, 3.05) is 4.72 Å². The Hall–Kier alpha value is -1.61. The van der Waals surface area contributed by atoms with Crippen LogP contribution < -0.4 is 9.86 Å². The van der Waals surface area contributed by atoms with Crippen LogP contribution in [0.4, 0.5) is 5.69 Å². The molecule has 0 aliphatic rings. The average molecular weight is 361 g/mol. The number of halogens is 1. The Kier molecular flexibility index (Phi) is 4.48. The molecule has 0 bridgehead atoms. The minimum atomic E-state index is -3.99. The highest BCUT2D eigenvalue weighted by atomic mass is 35.5. The summed E-state index contributed by atoms with van der Waals surface area (Å²) in [4.78, 5) is -0.513. The number of nitrogens with two attached hydrogens (primary N) is 1. The van der Waals surface area contributed by atoms with Crippen LogP contribution in [-0.4, -0.2) is 16.8 Å². The molecule has 118 valence electrons. The largest absolute Gasteiger partial charge is 0.278 e. The molecule has 0 spiro atoms. The summed E-state index contributed by atoms with van der Waals surface area (Å²) in [6.45, 7) is 1.82. The molecule has 9 heteroatoms. The molecule has 0 unspecified atom stereocenters. The highest BCUT2D eigenvalue weighted by Gasteiger charge is 2.18. The molecule has 0 saturated heterocycles. The molecule has 0 saturated carbocycles. The summed E-state index contributed by atoms with van der Waals surface area (Å²) in [7, 11) is -7.98. The van der Waals surface area contributed by atoms with Crippen LogP contribution in [0, 0.1) is 6.92 Å². The third-order valence-corrected chi connectivity index (χ3v) is 5.40. The zero-order chi connectivity index (χ0) is 16.5. The zero-order valence-corrected chi connectivity index (χ0v) is 13.8. The summed E-state index contributed by atoms with van der Waals surface area (Å²) in [5.41, 5.74) is 1.08. The molecule has 0 aliphatic heterocycles. The van der Waals surface area contributed by atoms with E-state index in [1.165, 1.54) is 24.3 Å². The number of primary sulfonamides is 1. The Labute approximate surface area is 134 Å². The van der Waals surface area contributed by atoms with E-state index in [2.05, 4.69) is 4.72 Å². The number of hydrogen-bond acceptors (Lipinski definition) is 4. The van der Waals surface area contributed by atoms with Crippen LogP contribution in [0.5, 0.6) is 0 Å². The van der Waals surface area contributed by atoms with Crippen molar-refractivity contribution < 1.29 is 16.8 Å². The third kappa shape index (κ3) is 3.77. The third-order valence-electron chi connectivity index (χ3n) is 2.81. The van der Waals surface area contributed by atoms with Gasteiger partial charge in [0.15, 0.2) is 0 Å². The number of hydrogen-bond donors (Lipinski definition) is 2. The number of aryl methyl sites for hydroxylation is 1. The molecule has 0 radical (unpaired) electrons. The van der Waals surface area contributed by atoms with E-state index < -0.39 is 20.0 Å². The number of sulfonamides is 2. The van der Waals surface area contributed by atoms with Gasteiger partial charge in [0, 0.05) is 0 Å². The molecule has 6 nitrogen and oxygen atoms in total. The van der Waals surface area contributed by atoms with E-state index in [1.807, 2.05) is 6.92 Å². The van der Waals surface area contributed by atoms with Crippen LogP contribution >= 0.6 is 11.6 Å². The maximum absolute atomic E-state index is 12.3. The van der Waals surface area contributed by atoms with Gasteiger partial charge in [0.1, 0.15) is 0 Å². The molecule has 3 N–H and O–H groups in total. The normalized spacial score (nSPS) is 12.1. The molecule has 0 amide bonds. The van der Waals surface area contributed by atoms with E-state index in [4.69, 9.17) is 16.7 Å². The predicted octanol–water partition coefficient (Wildman–Crippen LogP) is 2.10. The molecular formula is C13H13ClN2O4S2. The molecule has 2 rings (SSSR count). The van der Waals surface area contributed by atoms with Gasteiger partial charge in [0.2, 0.25) is 10.0 Å². The summed E-state index contributed by atoms with van der Waals surface area (Å²) in [5.74, 6) is 0. The van der Waals surface area contributed by atoms with Crippen molar-refractivity contribution in [3.8, 4) is 0 Å². The van der Waals surface area contributed by atoms with E-state index in [-0.39, 0.29) is 20.5 Å². The second kappa shape index (κ2) is 5.88. The van der Waals surface area contributed by atoms with Gasteiger partial charge in [-0.05, 0) is 42.8 Å². The second-order valence-electron chi connectivity index (χ2n) is 4.61. The van der Waals surface area contributed by atoms with Crippen molar-refractivity contribution in [2.24, 2.45) is 5.14 Å². The summed E-state index contributed by atoms with van der Waals surface area (Å²) in [6.07, 6.45) is 0. The monoisotopic (exact) mass is 360 g/mol. The number of benzene rings is 2. The standard InChI is InChI=1S/C13H13ClN2O4S2/c1-9-5-6-13(12(14)7-9)16-22(19,20)11-4-2-3-10(8-11)21(15,17)18/h2-8,16H,1H3,(H2,15,17,18). The molecule has 0 fully saturated rings. The van der Waals surface area contributed by atoms with Crippen molar-refractivity contribution >= 4 is 37.3 Å². The molecular weight excluding hydrogens is 348 g/mol. The van der Waals surface area contributed by atoms with Crippen LogP contribution in [0.3, 0.4) is 0 Å². The van der Waals surface area contributed by atoms with Crippen molar-refractivity contribution in [1.82, 2.24) is 0 Å². The molecule has 0 heterocycles. The lowest BCUT2D eigenvalue weighted by atomic mass is 10.2. The van der Waals surface area contributed by atoms with Gasteiger partial charge >= 0.3 is 0 Å². The van der Waals surface area contributed by atoms with Crippen LogP contribution in [0.2, 0.25) is 5.02 Å². The van der Waals surface area contributed by atoms with Crippen molar-refractivity contribution in [3.63, 3.8) is 0 Å². The summed E-state index contributed by atoms with van der Waals surface area (Å²) < 4.78 is 49.5. The summed E-state index contributed by atoms with van der Waals surface area (Å²) >= 11 is 5.98. The van der Waals surface area contributed by atoms with Crippen LogP contribution in [0.15, 0.2) is 52.3 Å². The van der Waals surface area contributed by atoms with Gasteiger partial charge in [-0.25, -0.2) is 22.0 Å². The Morgan fingerprint density at radius 2 is 1.64 bits per heavy atom. The summed E-state index contributed by atoms with van der Waals surface area (Å²) in [6, 6.07) is 9.60. The lowest BCUT2D eigenvalue weighted by Crippen LogP contribution is -2.16. The smallest absolute Gasteiger partial charge is 0.261 e. The van der Waals surface area contributed by atoms with Gasteiger partial charge in [0.25, 0.3) is 10.0 Å². The maximum Gasteiger partial charge on any atom is 0.261 e. The Morgan fingerprint density at radius 1 is 1.00 bits per heavy atom. The average Bonchev–Trinajstić information content (AvgIpc) is 2.41. The van der Waals surface area contributed by atoms with Gasteiger partial charge in [-0.3, -0.25) is 4.72 Å². The SMILES string of the molecule is Cc1ccc(NS(=O)(=O)c2cccc(S(N)(=O)=O)c2)c(Cl)c1. The highest BCUT2D eigenvalue weighted by Crippen LogP contribution is 2.26. The molecule has 2 aromatic carbocycles. The minimum Gasteiger partial charge on any atom is -0.278 e. The second-order valence-corrected chi connectivity index (χ2v) is 8.26. The Bertz CT molecular complexity index is 925. The van der Waals surface area contributed by atoms with Gasteiger partial charge in [-0.1, -0.05) is 23.7 Å². The van der Waals surface area contributed by atoms with Gasteiger partial charge in [0.05, 0.1) is 20.5 Å². The van der Waals surface area contributed by atoms with E-state index in [0.717, 1.165) is 11.6 Å². The zero-order valence-electron chi connectivity index (χ0n) is 11.4. The van der Waals surface area contributed by atoms with E-state index in [9.17, 15) is 16.8 Å². The fourth-order valence-electron chi connectivity index (χ4n) is 1.72. The van der Waals surface area contributed by atoms with Crippen LogP contribution in [0.1, 0.15) is 5.56 Å². The highest BCUT2D eigenvalue weighted by molar-refractivity contribution is 7.93. The quantitative estimate of drug-likeness (QED) is 0.870. The topological polar surface area (TPSA) is 106 Å². The first-order valence-electron chi connectivity index (χ1n) is 6.01. The molecule has 0 atom stereocenters. The fourth-order valence-corrected chi connectivity index (χ4v) is 3.82. The van der Waals surface area contributed by atoms with E-state index >= 15 is 0 Å². The van der Waals surface area contributed by atoms with Crippen molar-refractivity contribution in [1.29, 1.82) is 0 Å². The summed E-state index contributed by atoms with van der Waals surface area (Å²) in [5, 5.41) is 5.24. The van der Waals surface area contributed by atoms with Crippen molar-refractivity contribution in [2.45, 2.75) is 16.7 Å². The Balaban J connectivity index is 2.43. The van der Waals surface area contributed by atoms with Crippen molar-refractivity contribution in [3.05, 3.63) is 53.1 Å². The first kappa shape index (κ1) is 16.8. The lowest BCUT2D eigenvalue weighted by Gasteiger charge is -2.10. The molecule has 0 aliphatic carbocycles. The number of rotatable bonds is 4. The minimum absolute atomic E-state index is 0.202. The van der Waals surface area contributed by atoms with Gasteiger partial charge < -0.3 is 0 Å². The van der Waals surface area contributed by atoms with Crippen LogP contribution in [0.25, 0.3) is 0 Å². The van der Waals surface area contributed by atoms with Crippen LogP contribution in [-0.2, 0) is 20.0 Å². The number of nitrogens with one attached hydrogen (secondary N) is 1. The first-order valence-corrected chi connectivity index (χ1v) is 9.42. The van der Waals surface area contributed by atoms with Gasteiger partial charge in [-0.2, -0.15) is 0 Å². The Morgan fingerprint density at radius 3 is 2.23 bits per heavy atom. The first-order chi connectivity index (χ1) is 10.1. The fraction of sp³-hybridized carbons (Fsp3) is 0.0769. The molecule has 2 aromatic rings. The maximum atomic E-state index is 12.3. The lowest BCUT2D eigenvalue weighted by molar-refractivity contribution is 0.597. The predicted molar refractivity (Wildman–Crippen MR) is 84.8 cm³/mol. The van der Waals surface area contributed by atoms with E-state index in [1.54, 1.807) is 12.1 Å². The van der Waals surface area contributed by atoms with E-state index in [0.29, 0.717) is 0 Å².